The normalized spacial score (nSPS) is 18.3. The first kappa shape index (κ1) is 13.8. The molecule has 2 rings (SSSR count). The number of hydrogen-bond donors (Lipinski definition) is 2. The molecule has 2 amide bonds. The lowest BCUT2D eigenvalue weighted by molar-refractivity contribution is 0.111. The molecule has 1 aliphatic rings. The molecule has 0 saturated carbocycles. The highest BCUT2D eigenvalue weighted by molar-refractivity contribution is 5.73. The number of carbonyl (C=O) groups is 1. The van der Waals surface area contributed by atoms with Crippen molar-refractivity contribution in [1.29, 1.82) is 0 Å². The quantitative estimate of drug-likeness (QED) is 0.854. The van der Waals surface area contributed by atoms with Gasteiger partial charge in [-0.2, -0.15) is 0 Å². The minimum Gasteiger partial charge on any atom is -0.376 e. The molecule has 0 unspecified atom stereocenters. The molecule has 1 fully saturated rings. The van der Waals surface area contributed by atoms with Crippen LogP contribution in [0.3, 0.4) is 0 Å². The van der Waals surface area contributed by atoms with Gasteiger partial charge in [0, 0.05) is 19.7 Å². The molecule has 1 aromatic rings. The van der Waals surface area contributed by atoms with Crippen molar-refractivity contribution in [3.8, 4) is 0 Å². The summed E-state index contributed by atoms with van der Waals surface area (Å²) in [5, 5.41) is 5.56. The number of amides is 2. The van der Waals surface area contributed by atoms with Crippen molar-refractivity contribution in [2.24, 2.45) is 0 Å². The Bertz CT molecular complexity index is 402. The molecule has 0 radical (unpaired) electrons. The van der Waals surface area contributed by atoms with Gasteiger partial charge in [-0.15, -0.1) is 0 Å². The number of rotatable bonds is 5. The third-order valence-electron chi connectivity index (χ3n) is 3.13. The standard InChI is InChI=1S/C14H19FN2O2/c15-12-5-3-11(4-6-12)7-8-16-14(18)17-10-13-2-1-9-19-13/h3-6,13H,1-2,7-10H2,(H2,16,17,18)/t13-/m0/s1. The number of nitrogens with one attached hydrogen (secondary N) is 2. The van der Waals surface area contributed by atoms with Crippen LogP contribution in [0.1, 0.15) is 18.4 Å². The summed E-state index contributed by atoms with van der Waals surface area (Å²) in [5.74, 6) is -0.244. The van der Waals surface area contributed by atoms with Crippen LogP contribution in [0.2, 0.25) is 0 Å². The summed E-state index contributed by atoms with van der Waals surface area (Å²) in [4.78, 5) is 11.5. The van der Waals surface area contributed by atoms with Gasteiger partial charge < -0.3 is 15.4 Å². The van der Waals surface area contributed by atoms with E-state index in [2.05, 4.69) is 10.6 Å². The molecule has 1 saturated heterocycles. The van der Waals surface area contributed by atoms with Gasteiger partial charge in [0.05, 0.1) is 6.10 Å². The first-order valence-corrected chi connectivity index (χ1v) is 6.62. The third-order valence-corrected chi connectivity index (χ3v) is 3.13. The molecule has 0 aromatic heterocycles. The Balaban J connectivity index is 1.59. The highest BCUT2D eigenvalue weighted by atomic mass is 19.1. The fourth-order valence-corrected chi connectivity index (χ4v) is 2.05. The molecular weight excluding hydrogens is 247 g/mol. The van der Waals surface area contributed by atoms with Gasteiger partial charge in [0.15, 0.2) is 0 Å². The number of ether oxygens (including phenoxy) is 1. The highest BCUT2D eigenvalue weighted by Gasteiger charge is 2.15. The Hall–Kier alpha value is -1.62. The largest absolute Gasteiger partial charge is 0.376 e. The van der Waals surface area contributed by atoms with Crippen LogP contribution in [0.5, 0.6) is 0 Å². The summed E-state index contributed by atoms with van der Waals surface area (Å²) >= 11 is 0. The molecule has 1 heterocycles. The molecule has 1 atom stereocenters. The van der Waals surface area contributed by atoms with E-state index in [4.69, 9.17) is 4.74 Å². The Kier molecular flexibility index (Phi) is 5.15. The van der Waals surface area contributed by atoms with Gasteiger partial charge >= 0.3 is 6.03 Å². The van der Waals surface area contributed by atoms with Crippen LogP contribution in [0.4, 0.5) is 9.18 Å². The maximum atomic E-state index is 12.7. The second kappa shape index (κ2) is 7.09. The Morgan fingerprint density at radius 3 is 2.79 bits per heavy atom. The minimum atomic E-state index is -0.244. The maximum absolute atomic E-state index is 12.7. The van der Waals surface area contributed by atoms with Crippen LogP contribution in [0, 0.1) is 5.82 Å². The van der Waals surface area contributed by atoms with Crippen molar-refractivity contribution < 1.29 is 13.9 Å². The third kappa shape index (κ3) is 4.87. The zero-order valence-electron chi connectivity index (χ0n) is 10.8. The zero-order chi connectivity index (χ0) is 13.5. The molecule has 4 nitrogen and oxygen atoms in total. The summed E-state index contributed by atoms with van der Waals surface area (Å²) in [6.45, 7) is 1.88. The first-order chi connectivity index (χ1) is 9.24. The van der Waals surface area contributed by atoms with Crippen molar-refractivity contribution in [3.63, 3.8) is 0 Å². The van der Waals surface area contributed by atoms with Gasteiger partial charge in [0.2, 0.25) is 0 Å². The van der Waals surface area contributed by atoms with E-state index < -0.39 is 0 Å². The van der Waals surface area contributed by atoms with E-state index in [-0.39, 0.29) is 18.0 Å². The van der Waals surface area contributed by atoms with Crippen LogP contribution in [-0.4, -0.2) is 31.8 Å². The fraction of sp³-hybridized carbons (Fsp3) is 0.500. The van der Waals surface area contributed by atoms with Crippen molar-refractivity contribution in [2.75, 3.05) is 19.7 Å². The van der Waals surface area contributed by atoms with Crippen LogP contribution in [-0.2, 0) is 11.2 Å². The number of benzene rings is 1. The minimum absolute atomic E-state index is 0.155. The number of hydrogen-bond acceptors (Lipinski definition) is 2. The van der Waals surface area contributed by atoms with E-state index in [1.54, 1.807) is 12.1 Å². The van der Waals surface area contributed by atoms with E-state index in [0.29, 0.717) is 19.5 Å². The van der Waals surface area contributed by atoms with Gasteiger partial charge in [-0.25, -0.2) is 9.18 Å². The van der Waals surface area contributed by atoms with Crippen molar-refractivity contribution in [3.05, 3.63) is 35.6 Å². The van der Waals surface area contributed by atoms with Crippen molar-refractivity contribution >= 4 is 6.03 Å². The molecule has 1 aliphatic heterocycles. The smallest absolute Gasteiger partial charge is 0.314 e. The van der Waals surface area contributed by atoms with Crippen LogP contribution < -0.4 is 10.6 Å². The molecule has 1 aromatic carbocycles. The lowest BCUT2D eigenvalue weighted by Crippen LogP contribution is -2.40. The van der Waals surface area contributed by atoms with Gasteiger partial charge in [-0.05, 0) is 37.0 Å². The SMILES string of the molecule is O=C(NCCc1ccc(F)cc1)NC[C@@H]1CCCO1. The predicted molar refractivity (Wildman–Crippen MR) is 70.5 cm³/mol. The summed E-state index contributed by atoms with van der Waals surface area (Å²) in [7, 11) is 0. The summed E-state index contributed by atoms with van der Waals surface area (Å²) in [6, 6.07) is 6.11. The molecular formula is C14H19FN2O2. The number of carbonyl (C=O) groups excluding carboxylic acids is 1. The maximum Gasteiger partial charge on any atom is 0.314 e. The number of halogens is 1. The lowest BCUT2D eigenvalue weighted by Gasteiger charge is -2.11. The van der Waals surface area contributed by atoms with Gasteiger partial charge in [-0.3, -0.25) is 0 Å². The average Bonchev–Trinajstić information content (AvgIpc) is 2.92. The van der Waals surface area contributed by atoms with E-state index in [1.165, 1.54) is 12.1 Å². The summed E-state index contributed by atoms with van der Waals surface area (Å²) < 4.78 is 18.1. The van der Waals surface area contributed by atoms with Crippen LogP contribution >= 0.6 is 0 Å². The van der Waals surface area contributed by atoms with E-state index in [1.807, 2.05) is 0 Å². The van der Waals surface area contributed by atoms with Crippen LogP contribution in [0.15, 0.2) is 24.3 Å². The lowest BCUT2D eigenvalue weighted by atomic mass is 10.1. The molecule has 0 bridgehead atoms. The Morgan fingerprint density at radius 1 is 1.32 bits per heavy atom. The van der Waals surface area contributed by atoms with Crippen molar-refractivity contribution in [1.82, 2.24) is 10.6 Å². The second-order valence-electron chi connectivity index (χ2n) is 4.65. The second-order valence-corrected chi connectivity index (χ2v) is 4.65. The van der Waals surface area contributed by atoms with Gasteiger partial charge in [-0.1, -0.05) is 12.1 Å². The molecule has 2 N–H and O–H groups in total. The Morgan fingerprint density at radius 2 is 2.11 bits per heavy atom. The topological polar surface area (TPSA) is 50.4 Å². The zero-order valence-corrected chi connectivity index (χ0v) is 10.8. The van der Waals surface area contributed by atoms with Gasteiger partial charge in [0.1, 0.15) is 5.82 Å². The predicted octanol–water partition coefficient (Wildman–Crippen LogP) is 1.85. The molecule has 0 aliphatic carbocycles. The summed E-state index contributed by atoms with van der Waals surface area (Å²) in [6.07, 6.45) is 2.92. The average molecular weight is 266 g/mol. The van der Waals surface area contributed by atoms with Gasteiger partial charge in [0.25, 0.3) is 0 Å². The molecule has 19 heavy (non-hydrogen) atoms. The molecule has 5 heteroatoms. The molecule has 0 spiro atoms. The highest BCUT2D eigenvalue weighted by Crippen LogP contribution is 2.10. The van der Waals surface area contributed by atoms with Crippen molar-refractivity contribution in [2.45, 2.75) is 25.4 Å². The van der Waals surface area contributed by atoms with Crippen LogP contribution in [0.25, 0.3) is 0 Å². The fourth-order valence-electron chi connectivity index (χ4n) is 2.05. The van der Waals surface area contributed by atoms with E-state index in [9.17, 15) is 9.18 Å². The summed E-state index contributed by atoms with van der Waals surface area (Å²) in [5.41, 5.74) is 1.00. The number of urea groups is 1. The van der Waals surface area contributed by atoms with E-state index in [0.717, 1.165) is 25.0 Å². The monoisotopic (exact) mass is 266 g/mol. The van der Waals surface area contributed by atoms with E-state index >= 15 is 0 Å². The Labute approximate surface area is 112 Å². The first-order valence-electron chi connectivity index (χ1n) is 6.62. The molecule has 104 valence electrons.